The van der Waals surface area contributed by atoms with Gasteiger partial charge in [0.2, 0.25) is 6.04 Å². The molecule has 6 nitrogen and oxygen atoms in total. The molecule has 0 fully saturated rings. The predicted octanol–water partition coefficient (Wildman–Crippen LogP) is 0.864. The zero-order chi connectivity index (χ0) is 13.4. The van der Waals surface area contributed by atoms with Crippen molar-refractivity contribution < 1.29 is 23.5 Å². The molecule has 100 valence electrons. The van der Waals surface area contributed by atoms with Crippen LogP contribution < -0.4 is 5.32 Å². The van der Waals surface area contributed by atoms with Crippen molar-refractivity contribution in [3.05, 3.63) is 24.2 Å². The zero-order valence-electron chi connectivity index (χ0n) is 10.5. The van der Waals surface area contributed by atoms with Crippen LogP contribution in [0.4, 0.5) is 0 Å². The van der Waals surface area contributed by atoms with Crippen LogP contribution in [0.1, 0.15) is 19.6 Å². The van der Waals surface area contributed by atoms with Crippen LogP contribution in [0.5, 0.6) is 0 Å². The van der Waals surface area contributed by atoms with Crippen LogP contribution in [0, 0.1) is 0 Å². The largest absolute Gasteiger partial charge is 0.468 e. The van der Waals surface area contributed by atoms with E-state index in [1.807, 2.05) is 0 Å². The van der Waals surface area contributed by atoms with Gasteiger partial charge in [-0.3, -0.25) is 5.32 Å². The summed E-state index contributed by atoms with van der Waals surface area (Å²) in [6.45, 7) is 4.00. The predicted molar refractivity (Wildman–Crippen MR) is 62.6 cm³/mol. The smallest absolute Gasteiger partial charge is 0.334 e. The van der Waals surface area contributed by atoms with Crippen molar-refractivity contribution in [2.75, 3.05) is 13.2 Å². The van der Waals surface area contributed by atoms with E-state index in [4.69, 9.17) is 13.9 Å². The molecule has 0 amide bonds. The molecule has 1 rings (SSSR count). The molecule has 0 aliphatic carbocycles. The highest BCUT2D eigenvalue weighted by Crippen LogP contribution is 2.01. The number of ether oxygens (including phenoxy) is 2. The van der Waals surface area contributed by atoms with Gasteiger partial charge in [0.25, 0.3) is 0 Å². The van der Waals surface area contributed by atoms with E-state index >= 15 is 0 Å². The molecule has 18 heavy (non-hydrogen) atoms. The first kappa shape index (κ1) is 14.2. The minimum absolute atomic E-state index is 0.206. The minimum atomic E-state index is -1.13. The Labute approximate surface area is 105 Å². The van der Waals surface area contributed by atoms with Gasteiger partial charge in [0.1, 0.15) is 5.76 Å². The Morgan fingerprint density at radius 1 is 1.28 bits per heavy atom. The lowest BCUT2D eigenvalue weighted by Gasteiger charge is -2.14. The minimum Gasteiger partial charge on any atom is -0.468 e. The summed E-state index contributed by atoms with van der Waals surface area (Å²) in [5.74, 6) is -0.682. The normalized spacial score (nSPS) is 10.4. The van der Waals surface area contributed by atoms with Crippen molar-refractivity contribution in [2.45, 2.75) is 26.4 Å². The molecule has 0 saturated heterocycles. The second kappa shape index (κ2) is 7.50. The number of carbonyl (C=O) groups is 2. The summed E-state index contributed by atoms with van der Waals surface area (Å²) in [7, 11) is 0. The summed E-state index contributed by atoms with van der Waals surface area (Å²) in [5.41, 5.74) is 0. The van der Waals surface area contributed by atoms with Crippen LogP contribution in [0.15, 0.2) is 22.8 Å². The molecule has 1 aromatic heterocycles. The second-order valence-electron chi connectivity index (χ2n) is 3.40. The van der Waals surface area contributed by atoms with Crippen LogP contribution in [0.25, 0.3) is 0 Å². The molecule has 6 heteroatoms. The molecule has 0 saturated carbocycles. The Morgan fingerprint density at radius 2 is 1.89 bits per heavy atom. The molecular formula is C12H17NO5. The van der Waals surface area contributed by atoms with Gasteiger partial charge >= 0.3 is 11.9 Å². The molecule has 0 radical (unpaired) electrons. The third-order valence-corrected chi connectivity index (χ3v) is 2.11. The molecule has 1 heterocycles. The van der Waals surface area contributed by atoms with Crippen molar-refractivity contribution in [3.63, 3.8) is 0 Å². The Balaban J connectivity index is 2.59. The summed E-state index contributed by atoms with van der Waals surface area (Å²) < 4.78 is 14.7. The lowest BCUT2D eigenvalue weighted by atomic mass is 10.3. The fraction of sp³-hybridized carbons (Fsp3) is 0.500. The van der Waals surface area contributed by atoms with Gasteiger partial charge < -0.3 is 13.9 Å². The maximum atomic E-state index is 11.6. The standard InChI is InChI=1S/C12H17NO5/c1-3-16-11(14)10(12(15)17-4-2)13-8-9-6-5-7-18-9/h5-7,10,13H,3-4,8H2,1-2H3. The molecule has 0 aliphatic rings. The van der Waals surface area contributed by atoms with E-state index in [0.29, 0.717) is 5.76 Å². The highest BCUT2D eigenvalue weighted by molar-refractivity contribution is 5.99. The monoisotopic (exact) mass is 255 g/mol. The number of nitrogens with one attached hydrogen (secondary N) is 1. The average molecular weight is 255 g/mol. The lowest BCUT2D eigenvalue weighted by Crippen LogP contribution is -2.45. The van der Waals surface area contributed by atoms with E-state index in [-0.39, 0.29) is 19.8 Å². The van der Waals surface area contributed by atoms with E-state index < -0.39 is 18.0 Å². The molecule has 0 aliphatic heterocycles. The third kappa shape index (κ3) is 4.21. The Kier molecular flexibility index (Phi) is 5.93. The van der Waals surface area contributed by atoms with Crippen LogP contribution in [-0.2, 0) is 25.6 Å². The molecule has 0 spiro atoms. The summed E-state index contributed by atoms with van der Waals surface area (Å²) in [4.78, 5) is 23.2. The first-order valence-corrected chi connectivity index (χ1v) is 5.78. The number of rotatable bonds is 7. The fourth-order valence-corrected chi connectivity index (χ4v) is 1.33. The van der Waals surface area contributed by atoms with Gasteiger partial charge in [0, 0.05) is 0 Å². The average Bonchev–Trinajstić information content (AvgIpc) is 2.83. The van der Waals surface area contributed by atoms with Gasteiger partial charge in [-0.25, -0.2) is 9.59 Å². The number of hydrogen-bond acceptors (Lipinski definition) is 6. The van der Waals surface area contributed by atoms with Crippen molar-refractivity contribution in [1.29, 1.82) is 0 Å². The lowest BCUT2D eigenvalue weighted by molar-refractivity contribution is -0.158. The van der Waals surface area contributed by atoms with Crippen LogP contribution in [0.3, 0.4) is 0 Å². The number of hydrogen-bond donors (Lipinski definition) is 1. The van der Waals surface area contributed by atoms with Crippen molar-refractivity contribution in [2.24, 2.45) is 0 Å². The van der Waals surface area contributed by atoms with Gasteiger partial charge in [-0.2, -0.15) is 0 Å². The molecule has 0 aromatic carbocycles. The van der Waals surface area contributed by atoms with Crippen molar-refractivity contribution in [3.8, 4) is 0 Å². The summed E-state index contributed by atoms with van der Waals surface area (Å²) in [6.07, 6.45) is 1.51. The summed E-state index contributed by atoms with van der Waals surface area (Å²) in [5, 5.41) is 2.75. The number of furan rings is 1. The van der Waals surface area contributed by atoms with Crippen LogP contribution >= 0.6 is 0 Å². The van der Waals surface area contributed by atoms with Crippen molar-refractivity contribution in [1.82, 2.24) is 5.32 Å². The quantitative estimate of drug-likeness (QED) is 0.575. The number of esters is 2. The topological polar surface area (TPSA) is 77.8 Å². The highest BCUT2D eigenvalue weighted by Gasteiger charge is 2.29. The first-order valence-electron chi connectivity index (χ1n) is 5.78. The van der Waals surface area contributed by atoms with Gasteiger partial charge in [-0.15, -0.1) is 0 Å². The van der Waals surface area contributed by atoms with Crippen molar-refractivity contribution >= 4 is 11.9 Å². The van der Waals surface area contributed by atoms with Crippen LogP contribution in [-0.4, -0.2) is 31.2 Å². The van der Waals surface area contributed by atoms with E-state index in [0.717, 1.165) is 0 Å². The molecule has 1 N–H and O–H groups in total. The first-order chi connectivity index (χ1) is 8.69. The second-order valence-corrected chi connectivity index (χ2v) is 3.40. The Hall–Kier alpha value is -1.82. The molecule has 0 unspecified atom stereocenters. The SMILES string of the molecule is CCOC(=O)C(NCc1ccco1)C(=O)OCC. The van der Waals surface area contributed by atoms with E-state index in [1.54, 1.807) is 26.0 Å². The maximum absolute atomic E-state index is 11.6. The summed E-state index contributed by atoms with van der Waals surface area (Å²) in [6, 6.07) is 2.33. The highest BCUT2D eigenvalue weighted by atomic mass is 16.6. The molecule has 0 atom stereocenters. The Morgan fingerprint density at radius 3 is 2.33 bits per heavy atom. The van der Waals surface area contributed by atoms with Crippen LogP contribution in [0.2, 0.25) is 0 Å². The maximum Gasteiger partial charge on any atom is 0.334 e. The molecule has 1 aromatic rings. The summed E-state index contributed by atoms with van der Waals surface area (Å²) >= 11 is 0. The zero-order valence-corrected chi connectivity index (χ0v) is 10.5. The van der Waals surface area contributed by atoms with Gasteiger partial charge in [0.15, 0.2) is 0 Å². The molecular weight excluding hydrogens is 238 g/mol. The van der Waals surface area contributed by atoms with Gasteiger partial charge in [-0.1, -0.05) is 0 Å². The molecule has 0 bridgehead atoms. The van der Waals surface area contributed by atoms with E-state index in [2.05, 4.69) is 5.32 Å². The van der Waals surface area contributed by atoms with Gasteiger partial charge in [0.05, 0.1) is 26.0 Å². The number of carbonyl (C=O) groups excluding carboxylic acids is 2. The third-order valence-electron chi connectivity index (χ3n) is 2.11. The van der Waals surface area contributed by atoms with Gasteiger partial charge in [-0.05, 0) is 26.0 Å². The van der Waals surface area contributed by atoms with E-state index in [1.165, 1.54) is 6.26 Å². The Bertz CT molecular complexity index is 356. The fourth-order valence-electron chi connectivity index (χ4n) is 1.33. The van der Waals surface area contributed by atoms with E-state index in [9.17, 15) is 9.59 Å².